The predicted molar refractivity (Wildman–Crippen MR) is 83.3 cm³/mol. The van der Waals surface area contributed by atoms with Crippen LogP contribution in [0.1, 0.15) is 16.0 Å². The number of nitrogen functional groups attached to an aromatic ring is 1. The number of fused-ring (bicyclic) bond motifs is 1. The topological polar surface area (TPSA) is 46.3 Å². The molecule has 1 aromatic carbocycles. The molecule has 3 nitrogen and oxygen atoms in total. The van der Waals surface area contributed by atoms with Crippen molar-refractivity contribution in [1.29, 1.82) is 0 Å². The molecule has 2 heterocycles. The van der Waals surface area contributed by atoms with Gasteiger partial charge in [-0.1, -0.05) is 12.1 Å². The number of nitrogens with two attached hydrogens (primary N) is 1. The molecular formula is C16H16N2OS. The summed E-state index contributed by atoms with van der Waals surface area (Å²) in [4.78, 5) is 15.5. The van der Waals surface area contributed by atoms with Crippen molar-refractivity contribution in [2.45, 2.75) is 13.0 Å². The molecule has 0 saturated carbocycles. The number of amides is 1. The van der Waals surface area contributed by atoms with Gasteiger partial charge in [0.2, 0.25) is 5.91 Å². The van der Waals surface area contributed by atoms with Crippen LogP contribution in [0, 0.1) is 0 Å². The molecule has 0 atom stereocenters. The Labute approximate surface area is 122 Å². The first-order chi connectivity index (χ1) is 9.72. The Morgan fingerprint density at radius 1 is 1.25 bits per heavy atom. The van der Waals surface area contributed by atoms with Gasteiger partial charge in [-0.3, -0.25) is 4.79 Å². The van der Waals surface area contributed by atoms with Crippen LogP contribution in [0.15, 0.2) is 41.8 Å². The lowest BCUT2D eigenvalue weighted by Crippen LogP contribution is -2.34. The van der Waals surface area contributed by atoms with E-state index in [1.54, 1.807) is 17.4 Å². The summed E-state index contributed by atoms with van der Waals surface area (Å²) < 4.78 is 0. The predicted octanol–water partition coefficient (Wildman–Crippen LogP) is 2.93. The summed E-state index contributed by atoms with van der Waals surface area (Å²) >= 11 is 1.78. The summed E-state index contributed by atoms with van der Waals surface area (Å²) in [6.45, 7) is 1.53. The van der Waals surface area contributed by atoms with E-state index >= 15 is 0 Å². The van der Waals surface area contributed by atoms with E-state index in [9.17, 15) is 4.79 Å². The third kappa shape index (κ3) is 2.75. The zero-order valence-corrected chi connectivity index (χ0v) is 11.9. The highest BCUT2D eigenvalue weighted by Gasteiger charge is 2.19. The van der Waals surface area contributed by atoms with E-state index < -0.39 is 0 Å². The van der Waals surface area contributed by atoms with E-state index in [1.807, 2.05) is 35.2 Å². The fourth-order valence-electron chi connectivity index (χ4n) is 2.32. The molecule has 1 amide bonds. The smallest absolute Gasteiger partial charge is 0.246 e. The molecule has 102 valence electrons. The molecule has 0 fully saturated rings. The average molecular weight is 284 g/mol. The Bertz CT molecular complexity index is 643. The third-order valence-electron chi connectivity index (χ3n) is 3.47. The maximum absolute atomic E-state index is 12.2. The molecule has 0 saturated heterocycles. The van der Waals surface area contributed by atoms with Gasteiger partial charge in [-0.25, -0.2) is 0 Å². The molecular weight excluding hydrogens is 268 g/mol. The number of hydrogen-bond acceptors (Lipinski definition) is 3. The maximum Gasteiger partial charge on any atom is 0.246 e. The first-order valence-corrected chi connectivity index (χ1v) is 7.48. The van der Waals surface area contributed by atoms with Crippen LogP contribution in [0.3, 0.4) is 0 Å². The Morgan fingerprint density at radius 2 is 2.05 bits per heavy atom. The Kier molecular flexibility index (Phi) is 3.56. The maximum atomic E-state index is 12.2. The van der Waals surface area contributed by atoms with Crippen molar-refractivity contribution in [2.24, 2.45) is 0 Å². The fraction of sp³-hybridized carbons (Fsp3) is 0.188. The first kappa shape index (κ1) is 12.9. The number of nitrogens with zero attached hydrogens (tertiary/aromatic N) is 1. The lowest BCUT2D eigenvalue weighted by molar-refractivity contribution is -0.126. The second-order valence-corrected chi connectivity index (χ2v) is 5.88. The molecule has 4 heteroatoms. The van der Waals surface area contributed by atoms with E-state index in [2.05, 4.69) is 11.4 Å². The van der Waals surface area contributed by atoms with Gasteiger partial charge in [-0.15, -0.1) is 11.3 Å². The van der Waals surface area contributed by atoms with Crippen molar-refractivity contribution >= 4 is 29.0 Å². The van der Waals surface area contributed by atoms with E-state index in [1.165, 1.54) is 10.4 Å². The molecule has 3 rings (SSSR count). The molecule has 1 aromatic heterocycles. The summed E-state index contributed by atoms with van der Waals surface area (Å²) in [6, 6.07) is 9.60. The lowest BCUT2D eigenvalue weighted by atomic mass is 10.1. The number of rotatable bonds is 2. The van der Waals surface area contributed by atoms with Crippen molar-refractivity contribution in [3.8, 4) is 0 Å². The number of carbonyl (C=O) groups is 1. The van der Waals surface area contributed by atoms with Gasteiger partial charge in [-0.05, 0) is 47.2 Å². The first-order valence-electron chi connectivity index (χ1n) is 6.60. The van der Waals surface area contributed by atoms with E-state index in [0.717, 1.165) is 30.8 Å². The molecule has 0 aliphatic carbocycles. The monoisotopic (exact) mass is 284 g/mol. The molecule has 1 aliphatic heterocycles. The molecule has 2 N–H and O–H groups in total. The molecule has 2 aromatic rings. The second-order valence-electron chi connectivity index (χ2n) is 4.88. The van der Waals surface area contributed by atoms with Crippen LogP contribution in [-0.4, -0.2) is 17.4 Å². The molecule has 20 heavy (non-hydrogen) atoms. The Hall–Kier alpha value is -2.07. The van der Waals surface area contributed by atoms with Gasteiger partial charge in [0.05, 0.1) is 0 Å². The molecule has 0 bridgehead atoms. The van der Waals surface area contributed by atoms with E-state index in [4.69, 9.17) is 5.73 Å². The van der Waals surface area contributed by atoms with Crippen molar-refractivity contribution < 1.29 is 4.79 Å². The van der Waals surface area contributed by atoms with Gasteiger partial charge in [0.25, 0.3) is 0 Å². The van der Waals surface area contributed by atoms with Crippen LogP contribution in [0.25, 0.3) is 6.08 Å². The number of carbonyl (C=O) groups excluding carboxylic acids is 1. The average Bonchev–Trinajstić information content (AvgIpc) is 2.93. The van der Waals surface area contributed by atoms with Gasteiger partial charge in [0.1, 0.15) is 0 Å². The van der Waals surface area contributed by atoms with E-state index in [-0.39, 0.29) is 5.91 Å². The Balaban J connectivity index is 1.67. The normalized spacial score (nSPS) is 14.5. The van der Waals surface area contributed by atoms with Crippen molar-refractivity contribution in [3.05, 3.63) is 57.8 Å². The van der Waals surface area contributed by atoms with Crippen molar-refractivity contribution in [2.75, 3.05) is 12.3 Å². The van der Waals surface area contributed by atoms with Gasteiger partial charge >= 0.3 is 0 Å². The van der Waals surface area contributed by atoms with Crippen LogP contribution < -0.4 is 5.73 Å². The highest BCUT2D eigenvalue weighted by atomic mass is 32.1. The minimum Gasteiger partial charge on any atom is -0.399 e. The van der Waals surface area contributed by atoms with E-state index in [0.29, 0.717) is 0 Å². The molecule has 0 radical (unpaired) electrons. The lowest BCUT2D eigenvalue weighted by Gasteiger charge is -2.25. The SMILES string of the molecule is Nc1ccc(/C=C/C(=O)N2CCc3sccc3C2)cc1. The van der Waals surface area contributed by atoms with Crippen molar-refractivity contribution in [3.63, 3.8) is 0 Å². The van der Waals surface area contributed by atoms with Crippen LogP contribution in [0.4, 0.5) is 5.69 Å². The minimum absolute atomic E-state index is 0.0682. The number of benzene rings is 1. The summed E-state index contributed by atoms with van der Waals surface area (Å²) in [5.41, 5.74) is 8.64. The highest BCUT2D eigenvalue weighted by Crippen LogP contribution is 2.24. The summed E-state index contributed by atoms with van der Waals surface area (Å²) in [7, 11) is 0. The quantitative estimate of drug-likeness (QED) is 0.681. The molecule has 0 spiro atoms. The second kappa shape index (κ2) is 5.51. The number of hydrogen-bond donors (Lipinski definition) is 1. The summed E-state index contributed by atoms with van der Waals surface area (Å²) in [5.74, 6) is 0.0682. The summed E-state index contributed by atoms with van der Waals surface area (Å²) in [5, 5.41) is 2.10. The van der Waals surface area contributed by atoms with Crippen LogP contribution in [0.5, 0.6) is 0 Å². The van der Waals surface area contributed by atoms with Crippen LogP contribution in [0.2, 0.25) is 0 Å². The number of thiophene rings is 1. The van der Waals surface area contributed by atoms with Crippen LogP contribution in [-0.2, 0) is 17.8 Å². The highest BCUT2D eigenvalue weighted by molar-refractivity contribution is 7.10. The summed E-state index contributed by atoms with van der Waals surface area (Å²) in [6.07, 6.45) is 4.45. The molecule has 1 aliphatic rings. The largest absolute Gasteiger partial charge is 0.399 e. The Morgan fingerprint density at radius 3 is 2.85 bits per heavy atom. The zero-order valence-electron chi connectivity index (χ0n) is 11.1. The van der Waals surface area contributed by atoms with Gasteiger partial charge in [-0.2, -0.15) is 0 Å². The zero-order chi connectivity index (χ0) is 13.9. The fourth-order valence-corrected chi connectivity index (χ4v) is 3.21. The standard InChI is InChI=1S/C16H16N2OS/c17-14-4-1-12(2-5-14)3-6-16(19)18-9-7-15-13(11-18)8-10-20-15/h1-6,8,10H,7,9,11,17H2/b6-3+. The van der Waals surface area contributed by atoms with Gasteiger partial charge in [0.15, 0.2) is 0 Å². The van der Waals surface area contributed by atoms with Gasteiger partial charge in [0, 0.05) is 29.7 Å². The van der Waals surface area contributed by atoms with Crippen LogP contribution >= 0.6 is 11.3 Å². The van der Waals surface area contributed by atoms with Gasteiger partial charge < -0.3 is 10.6 Å². The third-order valence-corrected chi connectivity index (χ3v) is 4.50. The molecule has 0 unspecified atom stereocenters. The van der Waals surface area contributed by atoms with Crippen molar-refractivity contribution in [1.82, 2.24) is 4.90 Å². The minimum atomic E-state index is 0.0682. The number of anilines is 1.